The third kappa shape index (κ3) is 3.37. The zero-order valence-corrected chi connectivity index (χ0v) is 13.1. The zero-order valence-electron chi connectivity index (χ0n) is 10.7. The highest BCUT2D eigenvalue weighted by Crippen LogP contribution is 2.31. The third-order valence-electron chi connectivity index (χ3n) is 2.92. The van der Waals surface area contributed by atoms with Crippen LogP contribution in [0.2, 0.25) is 0 Å². The molecule has 1 unspecified atom stereocenters. The van der Waals surface area contributed by atoms with Gasteiger partial charge in [-0.05, 0) is 45.9 Å². The van der Waals surface area contributed by atoms with E-state index in [-0.39, 0.29) is 6.04 Å². The first-order chi connectivity index (χ1) is 9.26. The second-order valence-electron chi connectivity index (χ2n) is 4.28. The van der Waals surface area contributed by atoms with Gasteiger partial charge in [0.05, 0.1) is 17.3 Å². The molecule has 2 nitrogen and oxygen atoms in total. The van der Waals surface area contributed by atoms with Gasteiger partial charge in [-0.2, -0.15) is 5.26 Å². The number of benzene rings is 1. The Morgan fingerprint density at radius 3 is 2.84 bits per heavy atom. The Morgan fingerprint density at radius 2 is 2.21 bits per heavy atom. The van der Waals surface area contributed by atoms with Crippen LogP contribution < -0.4 is 5.32 Å². The van der Waals surface area contributed by atoms with Crippen molar-refractivity contribution in [3.8, 4) is 6.07 Å². The van der Waals surface area contributed by atoms with Crippen LogP contribution in [0.5, 0.6) is 0 Å². The van der Waals surface area contributed by atoms with Crippen LogP contribution in [0.15, 0.2) is 40.2 Å². The molecule has 0 amide bonds. The predicted octanol–water partition coefficient (Wildman–Crippen LogP) is 5.34. The average molecular weight is 335 g/mol. The average Bonchev–Trinajstić information content (AvgIpc) is 2.92. The summed E-state index contributed by atoms with van der Waals surface area (Å²) in [6.07, 6.45) is 2.16. The van der Waals surface area contributed by atoms with Crippen molar-refractivity contribution < 1.29 is 0 Å². The molecule has 1 aromatic carbocycles. The minimum absolute atomic E-state index is 0.270. The van der Waals surface area contributed by atoms with Gasteiger partial charge in [-0.1, -0.05) is 25.5 Å². The highest BCUT2D eigenvalue weighted by atomic mass is 79.9. The molecule has 1 heterocycles. The predicted molar refractivity (Wildman–Crippen MR) is 84.4 cm³/mol. The van der Waals surface area contributed by atoms with Crippen LogP contribution in [0, 0.1) is 11.3 Å². The van der Waals surface area contributed by atoms with Crippen molar-refractivity contribution in [2.24, 2.45) is 0 Å². The van der Waals surface area contributed by atoms with Crippen molar-refractivity contribution in [3.05, 3.63) is 50.6 Å². The van der Waals surface area contributed by atoms with Crippen LogP contribution in [0.1, 0.15) is 36.2 Å². The molecule has 2 rings (SSSR count). The number of nitrogens with zero attached hydrogens (tertiary/aromatic N) is 1. The molecule has 0 bridgehead atoms. The topological polar surface area (TPSA) is 35.8 Å². The molecule has 98 valence electrons. The van der Waals surface area contributed by atoms with Crippen LogP contribution >= 0.6 is 27.3 Å². The van der Waals surface area contributed by atoms with E-state index < -0.39 is 0 Å². The Bertz CT molecular complexity index is 572. The van der Waals surface area contributed by atoms with Gasteiger partial charge < -0.3 is 5.32 Å². The summed E-state index contributed by atoms with van der Waals surface area (Å²) in [7, 11) is 0. The minimum Gasteiger partial charge on any atom is -0.376 e. The van der Waals surface area contributed by atoms with Gasteiger partial charge in [-0.3, -0.25) is 0 Å². The maximum Gasteiger partial charge on any atom is 0.103 e. The van der Waals surface area contributed by atoms with Crippen LogP contribution in [-0.2, 0) is 0 Å². The molecule has 4 heteroatoms. The number of hydrogen-bond donors (Lipinski definition) is 1. The molecule has 0 spiro atoms. The molecule has 2 aromatic rings. The Labute approximate surface area is 126 Å². The summed E-state index contributed by atoms with van der Waals surface area (Å²) in [6.45, 7) is 2.18. The Kier molecular flexibility index (Phi) is 5.00. The molecule has 0 aliphatic carbocycles. The van der Waals surface area contributed by atoms with E-state index >= 15 is 0 Å². The lowest BCUT2D eigenvalue weighted by molar-refractivity contribution is 0.687. The number of rotatable bonds is 5. The summed E-state index contributed by atoms with van der Waals surface area (Å²) in [5, 5.41) is 14.8. The van der Waals surface area contributed by atoms with E-state index in [0.717, 1.165) is 23.0 Å². The Morgan fingerprint density at radius 1 is 1.37 bits per heavy atom. The van der Waals surface area contributed by atoms with Gasteiger partial charge >= 0.3 is 0 Å². The molecule has 0 aliphatic heterocycles. The largest absolute Gasteiger partial charge is 0.376 e. The maximum atomic E-state index is 9.26. The summed E-state index contributed by atoms with van der Waals surface area (Å²) >= 11 is 5.18. The highest BCUT2D eigenvalue weighted by molar-refractivity contribution is 9.10. The standard InChI is InChI=1S/C15H15BrN2S/c1-2-5-14(15-8-4-9-19-15)18-13-7-3-6-12(16)11(13)10-17/h3-4,6-9,14,18H,2,5H2,1H3. The molecule has 0 saturated carbocycles. The normalized spacial score (nSPS) is 11.8. The van der Waals surface area contributed by atoms with Gasteiger partial charge in [0, 0.05) is 9.35 Å². The van der Waals surface area contributed by atoms with Crippen molar-refractivity contribution in [2.75, 3.05) is 5.32 Å². The molecule has 1 N–H and O–H groups in total. The monoisotopic (exact) mass is 334 g/mol. The smallest absolute Gasteiger partial charge is 0.103 e. The van der Waals surface area contributed by atoms with E-state index in [1.807, 2.05) is 18.2 Å². The van der Waals surface area contributed by atoms with E-state index in [1.165, 1.54) is 4.88 Å². The van der Waals surface area contributed by atoms with E-state index in [1.54, 1.807) is 11.3 Å². The van der Waals surface area contributed by atoms with Crippen LogP contribution in [0.3, 0.4) is 0 Å². The first-order valence-electron chi connectivity index (χ1n) is 6.24. The second kappa shape index (κ2) is 6.74. The molecule has 1 aromatic heterocycles. The quantitative estimate of drug-likeness (QED) is 0.801. The van der Waals surface area contributed by atoms with Gasteiger partial charge in [0.1, 0.15) is 6.07 Å². The van der Waals surface area contributed by atoms with Crippen LogP contribution in [0.25, 0.3) is 0 Å². The van der Waals surface area contributed by atoms with Crippen molar-refractivity contribution in [2.45, 2.75) is 25.8 Å². The van der Waals surface area contributed by atoms with E-state index in [9.17, 15) is 5.26 Å². The minimum atomic E-state index is 0.270. The number of nitrogens with one attached hydrogen (secondary N) is 1. The molecular formula is C15H15BrN2S. The van der Waals surface area contributed by atoms with E-state index in [0.29, 0.717) is 5.56 Å². The lowest BCUT2D eigenvalue weighted by Crippen LogP contribution is -2.10. The second-order valence-corrected chi connectivity index (χ2v) is 6.11. The fourth-order valence-electron chi connectivity index (χ4n) is 2.01. The molecular weight excluding hydrogens is 320 g/mol. The molecule has 0 radical (unpaired) electrons. The summed E-state index contributed by atoms with van der Waals surface area (Å²) in [5.74, 6) is 0. The lowest BCUT2D eigenvalue weighted by Gasteiger charge is -2.19. The number of thiophene rings is 1. The van der Waals surface area contributed by atoms with Gasteiger partial charge in [0.2, 0.25) is 0 Å². The zero-order chi connectivity index (χ0) is 13.7. The maximum absolute atomic E-state index is 9.26. The fourth-order valence-corrected chi connectivity index (χ4v) is 3.28. The Balaban J connectivity index is 2.28. The molecule has 19 heavy (non-hydrogen) atoms. The van der Waals surface area contributed by atoms with Crippen molar-refractivity contribution >= 4 is 33.0 Å². The number of anilines is 1. The van der Waals surface area contributed by atoms with Crippen molar-refractivity contribution in [1.29, 1.82) is 5.26 Å². The summed E-state index contributed by atoms with van der Waals surface area (Å²) in [5.41, 5.74) is 1.56. The molecule has 1 atom stereocenters. The van der Waals surface area contributed by atoms with E-state index in [2.05, 4.69) is 51.8 Å². The Hall–Kier alpha value is -1.31. The summed E-state index contributed by atoms with van der Waals surface area (Å²) < 4.78 is 0.835. The number of hydrogen-bond acceptors (Lipinski definition) is 3. The first-order valence-corrected chi connectivity index (χ1v) is 7.92. The molecule has 0 fully saturated rings. The van der Waals surface area contributed by atoms with Crippen LogP contribution in [0.4, 0.5) is 5.69 Å². The third-order valence-corrected chi connectivity index (χ3v) is 4.57. The molecule has 0 aliphatic rings. The lowest BCUT2D eigenvalue weighted by atomic mass is 10.1. The van der Waals surface area contributed by atoms with Gasteiger partial charge in [-0.25, -0.2) is 0 Å². The summed E-state index contributed by atoms with van der Waals surface area (Å²) in [4.78, 5) is 1.31. The number of nitriles is 1. The van der Waals surface area contributed by atoms with Crippen molar-refractivity contribution in [3.63, 3.8) is 0 Å². The fraction of sp³-hybridized carbons (Fsp3) is 0.267. The van der Waals surface area contributed by atoms with Gasteiger partial charge in [0.15, 0.2) is 0 Å². The highest BCUT2D eigenvalue weighted by Gasteiger charge is 2.14. The van der Waals surface area contributed by atoms with Gasteiger partial charge in [0.25, 0.3) is 0 Å². The van der Waals surface area contributed by atoms with Crippen LogP contribution in [-0.4, -0.2) is 0 Å². The SMILES string of the molecule is CCCC(Nc1cccc(Br)c1C#N)c1cccs1. The van der Waals surface area contributed by atoms with E-state index in [4.69, 9.17) is 0 Å². The van der Waals surface area contributed by atoms with Crippen molar-refractivity contribution in [1.82, 2.24) is 0 Å². The number of halogens is 1. The van der Waals surface area contributed by atoms with Gasteiger partial charge in [-0.15, -0.1) is 11.3 Å². The summed E-state index contributed by atoms with van der Waals surface area (Å²) in [6, 6.07) is 12.5. The molecule has 0 saturated heterocycles. The first kappa shape index (κ1) is 14.1.